The number of fused-ring (bicyclic) bond motifs is 3. The van der Waals surface area contributed by atoms with Crippen molar-refractivity contribution in [1.29, 1.82) is 0 Å². The second kappa shape index (κ2) is 7.76. The van der Waals surface area contributed by atoms with Crippen molar-refractivity contribution in [2.24, 2.45) is 5.92 Å². The van der Waals surface area contributed by atoms with E-state index in [9.17, 15) is 0 Å². The van der Waals surface area contributed by atoms with Gasteiger partial charge in [0.15, 0.2) is 8.32 Å². The SMILES string of the molecule is COc1ccc2c(c1)OCCC1C=CC[Si]([Si](C)(C)C)([Si](C)(C)C)C21O[Si](C)(C)C. The molecule has 0 aromatic heterocycles. The maximum Gasteiger partial charge on any atom is 0.184 e. The molecule has 0 aliphatic carbocycles. The Kier molecular flexibility index (Phi) is 6.22. The van der Waals surface area contributed by atoms with E-state index in [1.54, 1.807) is 7.11 Å². The quantitative estimate of drug-likeness (QED) is 0.355. The smallest absolute Gasteiger partial charge is 0.184 e. The Labute approximate surface area is 187 Å². The Hall–Kier alpha value is -0.612. The van der Waals surface area contributed by atoms with Gasteiger partial charge in [-0.1, -0.05) is 51.4 Å². The molecule has 0 spiro atoms. The van der Waals surface area contributed by atoms with Gasteiger partial charge in [0.25, 0.3) is 0 Å². The molecule has 2 atom stereocenters. The van der Waals surface area contributed by atoms with E-state index in [-0.39, 0.29) is 5.22 Å². The molecule has 0 saturated heterocycles. The Bertz CT molecular complexity index is 803. The van der Waals surface area contributed by atoms with Gasteiger partial charge in [0.2, 0.25) is 0 Å². The summed E-state index contributed by atoms with van der Waals surface area (Å²) < 4.78 is 19.6. The number of allylic oxidation sites excluding steroid dienone is 1. The zero-order valence-corrected chi connectivity index (χ0v) is 24.8. The van der Waals surface area contributed by atoms with E-state index < -0.39 is 30.6 Å². The summed E-state index contributed by atoms with van der Waals surface area (Å²) in [7, 11) is -5.21. The minimum absolute atomic E-state index is 0.195. The number of hydrogen-bond donors (Lipinski definition) is 0. The number of methoxy groups -OCH3 is 1. The third-order valence-electron chi connectivity index (χ3n) is 7.25. The molecule has 0 N–H and O–H groups in total. The first-order valence-electron chi connectivity index (χ1n) is 11.4. The average Bonchev–Trinajstić information content (AvgIpc) is 2.74. The summed E-state index contributed by atoms with van der Waals surface area (Å²) in [5, 5.41) is -0.195. The van der Waals surface area contributed by atoms with Crippen LogP contribution < -0.4 is 9.47 Å². The van der Waals surface area contributed by atoms with Crippen LogP contribution >= 0.6 is 0 Å². The zero-order valence-electron chi connectivity index (χ0n) is 20.8. The Morgan fingerprint density at radius 3 is 2.17 bits per heavy atom. The van der Waals surface area contributed by atoms with Crippen molar-refractivity contribution < 1.29 is 13.9 Å². The fourth-order valence-corrected chi connectivity index (χ4v) is 58.4. The molecule has 168 valence electrons. The summed E-state index contributed by atoms with van der Waals surface area (Å²) in [6.45, 7) is 23.7. The minimum Gasteiger partial charge on any atom is -0.497 e. The summed E-state index contributed by atoms with van der Waals surface area (Å²) in [6.07, 6.45) is 6.07. The number of hydrogen-bond acceptors (Lipinski definition) is 3. The van der Waals surface area contributed by atoms with Crippen LogP contribution in [0.4, 0.5) is 0 Å². The van der Waals surface area contributed by atoms with E-state index in [0.717, 1.165) is 24.5 Å². The lowest BCUT2D eigenvalue weighted by molar-refractivity contribution is 0.0888. The Morgan fingerprint density at radius 1 is 1.00 bits per heavy atom. The standard InChI is InChI=1S/C23H42O3Si4/c1-24-20-13-14-21-22(18-20)25-16-15-19-12-11-17-30(28(5,6)7,29(8,9)10)23(19,21)26-27(2,3)4/h11-14,18-19H,15-17H2,1-10H3. The molecular formula is C23H42O3Si4. The molecule has 0 amide bonds. The molecule has 2 heterocycles. The van der Waals surface area contributed by atoms with Crippen LogP contribution in [0.3, 0.4) is 0 Å². The maximum atomic E-state index is 7.62. The summed E-state index contributed by atoms with van der Waals surface area (Å²) in [5.74, 6) is 2.27. The van der Waals surface area contributed by atoms with E-state index >= 15 is 0 Å². The van der Waals surface area contributed by atoms with Gasteiger partial charge in [-0.3, -0.25) is 0 Å². The molecule has 2 aliphatic rings. The lowest BCUT2D eigenvalue weighted by atomic mass is 9.91. The van der Waals surface area contributed by atoms with Crippen LogP contribution in [-0.4, -0.2) is 44.3 Å². The van der Waals surface area contributed by atoms with Gasteiger partial charge in [-0.2, -0.15) is 0 Å². The number of benzene rings is 1. The maximum absolute atomic E-state index is 7.62. The van der Waals surface area contributed by atoms with Crippen LogP contribution in [0.1, 0.15) is 12.0 Å². The van der Waals surface area contributed by atoms with E-state index in [4.69, 9.17) is 13.9 Å². The summed E-state index contributed by atoms with van der Waals surface area (Å²) in [5.41, 5.74) is 1.33. The predicted octanol–water partition coefficient (Wildman–Crippen LogP) is 6.53. The highest BCUT2D eigenvalue weighted by Crippen LogP contribution is 2.59. The highest BCUT2D eigenvalue weighted by atomic mass is 29.6. The highest BCUT2D eigenvalue weighted by Gasteiger charge is 2.71. The van der Waals surface area contributed by atoms with Crippen LogP contribution in [0, 0.1) is 5.92 Å². The fraction of sp³-hybridized carbons (Fsp3) is 0.652. The lowest BCUT2D eigenvalue weighted by Crippen LogP contribution is -2.84. The van der Waals surface area contributed by atoms with Crippen molar-refractivity contribution in [3.05, 3.63) is 35.9 Å². The molecule has 1 aromatic rings. The van der Waals surface area contributed by atoms with E-state index in [2.05, 4.69) is 89.3 Å². The normalized spacial score (nSPS) is 26.3. The van der Waals surface area contributed by atoms with Gasteiger partial charge in [-0.15, -0.1) is 0 Å². The summed E-state index contributed by atoms with van der Waals surface area (Å²) in [4.78, 5) is 0. The van der Waals surface area contributed by atoms with Crippen molar-refractivity contribution in [3.8, 4) is 11.5 Å². The molecule has 7 heteroatoms. The summed E-state index contributed by atoms with van der Waals surface area (Å²) >= 11 is 0. The second-order valence-corrected chi connectivity index (χ2v) is 44.1. The first kappa shape index (κ1) is 24.0. The monoisotopic (exact) mass is 478 g/mol. The third-order valence-corrected chi connectivity index (χ3v) is 48.7. The van der Waals surface area contributed by atoms with Gasteiger partial charge >= 0.3 is 0 Å². The van der Waals surface area contributed by atoms with Crippen molar-refractivity contribution in [3.63, 3.8) is 0 Å². The van der Waals surface area contributed by atoms with Gasteiger partial charge in [0.1, 0.15) is 11.5 Å². The molecule has 1 aromatic carbocycles. The van der Waals surface area contributed by atoms with Gasteiger partial charge in [0.05, 0.1) is 26.0 Å². The number of rotatable bonds is 5. The molecule has 3 rings (SSSR count). The van der Waals surface area contributed by atoms with Gasteiger partial charge in [-0.25, -0.2) is 0 Å². The predicted molar refractivity (Wildman–Crippen MR) is 139 cm³/mol. The van der Waals surface area contributed by atoms with Crippen LogP contribution in [0.25, 0.3) is 0 Å². The molecule has 0 bridgehead atoms. The second-order valence-electron chi connectivity index (χ2n) is 12.1. The minimum atomic E-state index is -1.94. The Morgan fingerprint density at radius 2 is 1.63 bits per heavy atom. The van der Waals surface area contributed by atoms with Gasteiger partial charge < -0.3 is 13.9 Å². The van der Waals surface area contributed by atoms with Gasteiger partial charge in [-0.05, 0) is 44.2 Å². The lowest BCUT2D eigenvalue weighted by Gasteiger charge is -2.65. The zero-order chi connectivity index (χ0) is 22.6. The number of ether oxygens (including phenoxy) is 2. The van der Waals surface area contributed by atoms with Crippen LogP contribution in [0.5, 0.6) is 11.5 Å². The topological polar surface area (TPSA) is 27.7 Å². The van der Waals surface area contributed by atoms with Crippen LogP contribution in [0.2, 0.25) is 65.0 Å². The van der Waals surface area contributed by atoms with Gasteiger partial charge in [0, 0.05) is 32.7 Å². The first-order chi connectivity index (χ1) is 13.7. The Balaban J connectivity index is 2.49. The third kappa shape index (κ3) is 3.64. The molecule has 2 unspecified atom stereocenters. The molecule has 2 aliphatic heterocycles. The van der Waals surface area contributed by atoms with Crippen LogP contribution in [-0.2, 0) is 9.65 Å². The molecule has 3 nitrogen and oxygen atoms in total. The van der Waals surface area contributed by atoms with E-state index in [0.29, 0.717) is 5.92 Å². The summed E-state index contributed by atoms with van der Waals surface area (Å²) in [6, 6.07) is 7.80. The average molecular weight is 479 g/mol. The molecule has 0 fully saturated rings. The molecular weight excluding hydrogens is 437 g/mol. The molecule has 0 saturated carbocycles. The molecule has 0 radical (unpaired) electrons. The first-order valence-corrected chi connectivity index (χ1v) is 26.0. The highest BCUT2D eigenvalue weighted by molar-refractivity contribution is 7.69. The van der Waals surface area contributed by atoms with Crippen molar-refractivity contribution in [2.45, 2.75) is 76.6 Å². The van der Waals surface area contributed by atoms with E-state index in [1.165, 1.54) is 11.6 Å². The van der Waals surface area contributed by atoms with Crippen molar-refractivity contribution >= 4 is 30.6 Å². The van der Waals surface area contributed by atoms with E-state index in [1.807, 2.05) is 0 Å². The largest absolute Gasteiger partial charge is 0.497 e. The van der Waals surface area contributed by atoms with Crippen molar-refractivity contribution in [1.82, 2.24) is 0 Å². The fourth-order valence-electron chi connectivity index (χ4n) is 6.65. The van der Waals surface area contributed by atoms with Crippen molar-refractivity contribution in [2.75, 3.05) is 13.7 Å². The van der Waals surface area contributed by atoms with Crippen LogP contribution in [0.15, 0.2) is 30.4 Å². The molecule has 30 heavy (non-hydrogen) atoms.